The van der Waals surface area contributed by atoms with E-state index in [1.54, 1.807) is 0 Å². The Kier molecular flexibility index (Phi) is 6.06. The minimum absolute atomic E-state index is 0.00142. The van der Waals surface area contributed by atoms with Gasteiger partial charge in [-0.15, -0.1) is 10.2 Å². The molecule has 0 bridgehead atoms. The first-order chi connectivity index (χ1) is 11.9. The minimum Gasteiger partial charge on any atom is -0.481 e. The van der Waals surface area contributed by atoms with E-state index in [2.05, 4.69) is 15.5 Å². The van der Waals surface area contributed by atoms with Crippen LogP contribution in [0.2, 0.25) is 0 Å². The third kappa shape index (κ3) is 5.28. The molecule has 2 aromatic rings. The van der Waals surface area contributed by atoms with E-state index >= 15 is 0 Å². The fourth-order valence-corrected chi connectivity index (χ4v) is 2.45. The van der Waals surface area contributed by atoms with E-state index in [0.717, 1.165) is 11.8 Å². The summed E-state index contributed by atoms with van der Waals surface area (Å²) in [7, 11) is 0. The third-order valence-corrected chi connectivity index (χ3v) is 3.89. The van der Waals surface area contributed by atoms with E-state index in [9.17, 15) is 18.8 Å². The van der Waals surface area contributed by atoms with E-state index in [4.69, 9.17) is 10.9 Å². The Labute approximate surface area is 145 Å². The van der Waals surface area contributed by atoms with Crippen LogP contribution in [0.3, 0.4) is 0 Å². The summed E-state index contributed by atoms with van der Waals surface area (Å²) in [4.78, 5) is 34.3. The topological polar surface area (TPSA) is 140 Å². The second-order valence-electron chi connectivity index (χ2n) is 4.85. The molecule has 1 heterocycles. The maximum Gasteiger partial charge on any atom is 0.303 e. The van der Waals surface area contributed by atoms with Crippen molar-refractivity contribution in [3.63, 3.8) is 0 Å². The molecule has 2 rings (SSSR count). The van der Waals surface area contributed by atoms with Crippen LogP contribution >= 0.6 is 11.8 Å². The second-order valence-corrected chi connectivity index (χ2v) is 5.79. The van der Waals surface area contributed by atoms with Crippen molar-refractivity contribution in [1.82, 2.24) is 14.9 Å². The number of carbonyl (C=O) groups excluding carboxylic acids is 1. The molecule has 0 spiro atoms. The minimum atomic E-state index is -1.07. The molecule has 0 aliphatic heterocycles. The van der Waals surface area contributed by atoms with Crippen LogP contribution in [0.5, 0.6) is 0 Å². The van der Waals surface area contributed by atoms with Crippen molar-refractivity contribution in [2.24, 2.45) is 0 Å². The Bertz CT molecular complexity index is 857. The molecule has 0 radical (unpaired) electrons. The van der Waals surface area contributed by atoms with Crippen LogP contribution in [0.15, 0.2) is 34.2 Å². The lowest BCUT2D eigenvalue weighted by Gasteiger charge is -2.08. The van der Waals surface area contributed by atoms with E-state index in [0.29, 0.717) is 10.4 Å². The number of aryl methyl sites for hydroxylation is 1. The van der Waals surface area contributed by atoms with E-state index < -0.39 is 23.3 Å². The number of halogens is 1. The molecule has 132 valence electrons. The normalized spacial score (nSPS) is 10.4. The number of aromatic nitrogens is 3. The molecular weight excluding hydrogens is 353 g/mol. The van der Waals surface area contributed by atoms with Crippen LogP contribution in [-0.2, 0) is 16.0 Å². The summed E-state index contributed by atoms with van der Waals surface area (Å²) in [6.45, 7) is 0. The summed E-state index contributed by atoms with van der Waals surface area (Å²) in [6, 6.07) is 5.40. The molecule has 1 aromatic carbocycles. The maximum atomic E-state index is 13.1. The van der Waals surface area contributed by atoms with Crippen molar-refractivity contribution < 1.29 is 19.1 Å². The highest BCUT2D eigenvalue weighted by Crippen LogP contribution is 2.14. The number of hydrogen-bond acceptors (Lipinski definition) is 7. The zero-order valence-electron chi connectivity index (χ0n) is 12.8. The van der Waals surface area contributed by atoms with Crippen LogP contribution in [0.1, 0.15) is 12.1 Å². The number of rotatable bonds is 7. The largest absolute Gasteiger partial charge is 0.481 e. The average Bonchev–Trinajstić information content (AvgIpc) is 2.55. The number of nitrogen functional groups attached to an aromatic ring is 1. The number of hydrogen-bond donors (Lipinski definition) is 3. The molecule has 0 aliphatic carbocycles. The van der Waals surface area contributed by atoms with Crippen molar-refractivity contribution in [1.29, 1.82) is 0 Å². The average molecular weight is 367 g/mol. The fourth-order valence-electron chi connectivity index (χ4n) is 1.79. The van der Waals surface area contributed by atoms with Gasteiger partial charge in [0.15, 0.2) is 0 Å². The standard InChI is InChI=1S/C14H14FN5O4S/c15-8-2-1-3-9(6-8)17-11(21)7-25-14-19-18-10(4-5-12(22)23)13(24)20(14)16/h1-3,6H,4-5,7,16H2,(H,17,21)(H,22,23). The first-order valence-electron chi connectivity index (χ1n) is 7.00. The predicted octanol–water partition coefficient (Wildman–Crippen LogP) is 0.239. The Morgan fingerprint density at radius 3 is 2.80 bits per heavy atom. The summed E-state index contributed by atoms with van der Waals surface area (Å²) in [5, 5.41) is 18.5. The molecular formula is C14H14FN5O4S. The van der Waals surface area contributed by atoms with Crippen molar-refractivity contribution in [3.8, 4) is 0 Å². The lowest BCUT2D eigenvalue weighted by molar-refractivity contribution is -0.137. The molecule has 1 amide bonds. The molecule has 0 fully saturated rings. The van der Waals surface area contributed by atoms with Gasteiger partial charge >= 0.3 is 5.97 Å². The smallest absolute Gasteiger partial charge is 0.303 e. The molecule has 0 saturated carbocycles. The van der Waals surface area contributed by atoms with Crippen molar-refractivity contribution in [2.75, 3.05) is 16.9 Å². The molecule has 0 atom stereocenters. The van der Waals surface area contributed by atoms with Gasteiger partial charge < -0.3 is 16.3 Å². The highest BCUT2D eigenvalue weighted by Gasteiger charge is 2.13. The van der Waals surface area contributed by atoms with Crippen molar-refractivity contribution in [3.05, 3.63) is 46.1 Å². The lowest BCUT2D eigenvalue weighted by Crippen LogP contribution is -2.34. The molecule has 0 aliphatic rings. The van der Waals surface area contributed by atoms with E-state index in [1.807, 2.05) is 0 Å². The van der Waals surface area contributed by atoms with Gasteiger partial charge in [-0.3, -0.25) is 14.4 Å². The Morgan fingerprint density at radius 1 is 1.36 bits per heavy atom. The fraction of sp³-hybridized carbons (Fsp3) is 0.214. The monoisotopic (exact) mass is 367 g/mol. The number of anilines is 1. The van der Waals surface area contributed by atoms with Crippen LogP contribution < -0.4 is 16.7 Å². The van der Waals surface area contributed by atoms with Gasteiger partial charge in [0.25, 0.3) is 5.56 Å². The van der Waals surface area contributed by atoms with E-state index in [1.165, 1.54) is 24.3 Å². The maximum absolute atomic E-state index is 13.1. The van der Waals surface area contributed by atoms with Gasteiger partial charge in [-0.1, -0.05) is 17.8 Å². The van der Waals surface area contributed by atoms with Gasteiger partial charge in [0.1, 0.15) is 11.5 Å². The number of carbonyl (C=O) groups is 2. The molecule has 4 N–H and O–H groups in total. The van der Waals surface area contributed by atoms with Crippen LogP contribution in [-0.4, -0.2) is 37.6 Å². The van der Waals surface area contributed by atoms with Gasteiger partial charge in [-0.25, -0.2) is 4.39 Å². The summed E-state index contributed by atoms with van der Waals surface area (Å²) in [5.41, 5.74) is -0.450. The Balaban J connectivity index is 1.98. The highest BCUT2D eigenvalue weighted by molar-refractivity contribution is 7.99. The van der Waals surface area contributed by atoms with Gasteiger partial charge in [-0.05, 0) is 18.2 Å². The van der Waals surface area contributed by atoms with Gasteiger partial charge in [0.05, 0.1) is 12.2 Å². The number of benzene rings is 1. The number of nitrogens with one attached hydrogen (secondary N) is 1. The number of nitrogens with zero attached hydrogens (tertiary/aromatic N) is 3. The summed E-state index contributed by atoms with van der Waals surface area (Å²) in [5.74, 6) is 3.47. The number of thioether (sulfide) groups is 1. The Morgan fingerprint density at radius 2 is 2.12 bits per heavy atom. The third-order valence-electron chi connectivity index (χ3n) is 2.94. The molecule has 0 unspecified atom stereocenters. The molecule has 11 heteroatoms. The number of amides is 1. The molecule has 9 nitrogen and oxygen atoms in total. The predicted molar refractivity (Wildman–Crippen MR) is 88.2 cm³/mol. The van der Waals surface area contributed by atoms with Gasteiger partial charge in [-0.2, -0.15) is 4.68 Å². The van der Waals surface area contributed by atoms with Crippen LogP contribution in [0.25, 0.3) is 0 Å². The van der Waals surface area contributed by atoms with Crippen LogP contribution in [0.4, 0.5) is 10.1 Å². The number of carboxylic acid groups (broad SMARTS) is 1. The first-order valence-corrected chi connectivity index (χ1v) is 7.99. The SMILES string of the molecule is Nn1c(SCC(=O)Nc2cccc(F)c2)nnc(CCC(=O)O)c1=O. The molecule has 0 saturated heterocycles. The molecule has 25 heavy (non-hydrogen) atoms. The summed E-state index contributed by atoms with van der Waals surface area (Å²) >= 11 is 0.868. The van der Waals surface area contributed by atoms with Gasteiger partial charge in [0.2, 0.25) is 11.1 Å². The summed E-state index contributed by atoms with van der Waals surface area (Å²) in [6.07, 6.45) is -0.365. The quantitative estimate of drug-likeness (QED) is 0.467. The second kappa shape index (κ2) is 8.24. The van der Waals surface area contributed by atoms with E-state index in [-0.39, 0.29) is 29.4 Å². The van der Waals surface area contributed by atoms with Crippen molar-refractivity contribution >= 4 is 29.3 Å². The summed E-state index contributed by atoms with van der Waals surface area (Å²) < 4.78 is 13.8. The lowest BCUT2D eigenvalue weighted by atomic mass is 10.2. The first kappa shape index (κ1) is 18.4. The number of carboxylic acids is 1. The van der Waals surface area contributed by atoms with Crippen molar-refractivity contribution in [2.45, 2.75) is 18.0 Å². The zero-order chi connectivity index (χ0) is 18.4. The number of nitrogens with two attached hydrogens (primary N) is 1. The van der Waals surface area contributed by atoms with Crippen LogP contribution in [0, 0.1) is 5.82 Å². The van der Waals surface area contributed by atoms with Gasteiger partial charge in [0, 0.05) is 12.1 Å². The Hall–Kier alpha value is -2.95. The zero-order valence-corrected chi connectivity index (χ0v) is 13.6. The highest BCUT2D eigenvalue weighted by atomic mass is 32.2. The molecule has 1 aromatic heterocycles. The number of aliphatic carboxylic acids is 1.